The number of hydrogen-bond acceptors (Lipinski definition) is 5. The molecule has 0 radical (unpaired) electrons. The Balaban J connectivity index is 2.07. The fraction of sp³-hybridized carbons (Fsp3) is 0.133. The molecule has 0 saturated heterocycles. The number of nitrogens with two attached hydrogens (primary N) is 1. The summed E-state index contributed by atoms with van der Waals surface area (Å²) < 4.78 is 5.31. The van der Waals surface area contributed by atoms with E-state index in [1.165, 1.54) is 0 Å². The molecule has 2 heterocycles. The zero-order valence-electron chi connectivity index (χ0n) is 11.3. The maximum Gasteiger partial charge on any atom is 0.260 e. The second-order valence-electron chi connectivity index (χ2n) is 4.63. The normalized spacial score (nSPS) is 10.7. The number of nitrogen functional groups attached to an aromatic ring is 1. The van der Waals surface area contributed by atoms with Crippen LogP contribution in [0.3, 0.4) is 0 Å². The van der Waals surface area contributed by atoms with Crippen LogP contribution in [0.15, 0.2) is 41.1 Å². The predicted octanol–water partition coefficient (Wildman–Crippen LogP) is 3.00. The monoisotopic (exact) mass is 266 g/mol. The van der Waals surface area contributed by atoms with Crippen molar-refractivity contribution < 1.29 is 4.52 Å². The van der Waals surface area contributed by atoms with Crippen LogP contribution in [0.1, 0.15) is 11.1 Å². The van der Waals surface area contributed by atoms with Crippen LogP contribution >= 0.6 is 0 Å². The molecule has 0 fully saturated rings. The van der Waals surface area contributed by atoms with Gasteiger partial charge < -0.3 is 10.3 Å². The average molecular weight is 266 g/mol. The highest BCUT2D eigenvalue weighted by Crippen LogP contribution is 2.28. The highest BCUT2D eigenvalue weighted by atomic mass is 16.5. The maximum absolute atomic E-state index is 6.05. The zero-order valence-corrected chi connectivity index (χ0v) is 11.3. The van der Waals surface area contributed by atoms with E-state index in [2.05, 4.69) is 15.1 Å². The minimum atomic E-state index is 0.409. The fourth-order valence-electron chi connectivity index (χ4n) is 2.02. The number of anilines is 1. The van der Waals surface area contributed by atoms with Gasteiger partial charge in [0, 0.05) is 11.9 Å². The molecule has 3 aromatic rings. The molecular weight excluding hydrogens is 252 g/mol. The van der Waals surface area contributed by atoms with Gasteiger partial charge in [-0.15, -0.1) is 0 Å². The van der Waals surface area contributed by atoms with Crippen LogP contribution in [-0.2, 0) is 0 Å². The molecule has 0 aliphatic rings. The van der Waals surface area contributed by atoms with Gasteiger partial charge in [-0.3, -0.25) is 4.98 Å². The third-order valence-corrected chi connectivity index (χ3v) is 3.20. The first-order valence-corrected chi connectivity index (χ1v) is 6.28. The Morgan fingerprint density at radius 3 is 2.65 bits per heavy atom. The third kappa shape index (κ3) is 2.03. The van der Waals surface area contributed by atoms with Crippen LogP contribution in [0.5, 0.6) is 0 Å². The Morgan fingerprint density at radius 1 is 1.05 bits per heavy atom. The number of para-hydroxylation sites is 1. The molecule has 100 valence electrons. The number of aromatic nitrogens is 3. The van der Waals surface area contributed by atoms with Crippen molar-refractivity contribution >= 4 is 5.69 Å². The standard InChI is InChI=1S/C15H14N4O/c1-9-5-3-7-11(12(9)16)15-18-14(19-20-15)13-10(2)6-4-8-17-13/h3-8H,16H2,1-2H3. The van der Waals surface area contributed by atoms with Gasteiger partial charge in [0.15, 0.2) is 0 Å². The lowest BCUT2D eigenvalue weighted by Gasteiger charge is -2.03. The second kappa shape index (κ2) is 4.77. The molecule has 5 nitrogen and oxygen atoms in total. The van der Waals surface area contributed by atoms with Gasteiger partial charge in [-0.25, -0.2) is 0 Å². The first-order valence-electron chi connectivity index (χ1n) is 6.28. The van der Waals surface area contributed by atoms with E-state index >= 15 is 0 Å². The van der Waals surface area contributed by atoms with Crippen molar-refractivity contribution in [3.63, 3.8) is 0 Å². The SMILES string of the molecule is Cc1cccnc1-c1noc(-c2cccc(C)c2N)n1. The van der Waals surface area contributed by atoms with Crippen molar-refractivity contribution in [1.82, 2.24) is 15.1 Å². The molecule has 0 amide bonds. The molecule has 0 spiro atoms. The fourth-order valence-corrected chi connectivity index (χ4v) is 2.02. The van der Waals surface area contributed by atoms with Gasteiger partial charge in [0.1, 0.15) is 5.69 Å². The number of aryl methyl sites for hydroxylation is 2. The van der Waals surface area contributed by atoms with Crippen molar-refractivity contribution in [2.75, 3.05) is 5.73 Å². The summed E-state index contributed by atoms with van der Waals surface area (Å²) in [6, 6.07) is 9.55. The summed E-state index contributed by atoms with van der Waals surface area (Å²) in [4.78, 5) is 8.67. The average Bonchev–Trinajstić information content (AvgIpc) is 2.92. The molecule has 1 aromatic carbocycles. The van der Waals surface area contributed by atoms with E-state index < -0.39 is 0 Å². The van der Waals surface area contributed by atoms with Gasteiger partial charge in [0.05, 0.1) is 5.56 Å². The molecular formula is C15H14N4O. The minimum absolute atomic E-state index is 0.409. The van der Waals surface area contributed by atoms with Crippen LogP contribution < -0.4 is 5.73 Å². The van der Waals surface area contributed by atoms with E-state index in [4.69, 9.17) is 10.3 Å². The Morgan fingerprint density at radius 2 is 1.85 bits per heavy atom. The first-order chi connectivity index (χ1) is 9.66. The molecule has 2 N–H and O–H groups in total. The summed E-state index contributed by atoms with van der Waals surface area (Å²) in [6.07, 6.45) is 1.71. The zero-order chi connectivity index (χ0) is 14.1. The Hall–Kier alpha value is -2.69. The summed E-state index contributed by atoms with van der Waals surface area (Å²) >= 11 is 0. The van der Waals surface area contributed by atoms with E-state index in [1.54, 1.807) is 6.20 Å². The number of nitrogens with zero attached hydrogens (tertiary/aromatic N) is 3. The Kier molecular flexibility index (Phi) is 2.95. The van der Waals surface area contributed by atoms with Crippen LogP contribution in [0.4, 0.5) is 5.69 Å². The van der Waals surface area contributed by atoms with E-state index in [0.29, 0.717) is 23.1 Å². The summed E-state index contributed by atoms with van der Waals surface area (Å²) in [6.45, 7) is 3.90. The van der Waals surface area contributed by atoms with Gasteiger partial charge in [-0.1, -0.05) is 23.4 Å². The van der Waals surface area contributed by atoms with Crippen molar-refractivity contribution in [2.24, 2.45) is 0 Å². The second-order valence-corrected chi connectivity index (χ2v) is 4.63. The molecule has 0 atom stereocenters. The molecule has 2 aromatic heterocycles. The number of rotatable bonds is 2. The molecule has 0 aliphatic heterocycles. The lowest BCUT2D eigenvalue weighted by Crippen LogP contribution is -1.93. The lowest BCUT2D eigenvalue weighted by atomic mass is 10.1. The Labute approximate surface area is 116 Å². The first kappa shape index (κ1) is 12.3. The molecule has 3 rings (SSSR count). The van der Waals surface area contributed by atoms with Gasteiger partial charge in [-0.2, -0.15) is 4.98 Å². The van der Waals surface area contributed by atoms with E-state index in [0.717, 1.165) is 16.7 Å². The molecule has 5 heteroatoms. The predicted molar refractivity (Wildman–Crippen MR) is 76.9 cm³/mol. The summed E-state index contributed by atoms with van der Waals surface area (Å²) in [5, 5.41) is 3.99. The van der Waals surface area contributed by atoms with Crippen molar-refractivity contribution in [1.29, 1.82) is 0 Å². The molecule has 0 saturated carbocycles. The van der Waals surface area contributed by atoms with Crippen molar-refractivity contribution in [3.8, 4) is 23.0 Å². The quantitative estimate of drug-likeness (QED) is 0.721. The summed E-state index contributed by atoms with van der Waals surface area (Å²) in [7, 11) is 0. The molecule has 0 unspecified atom stereocenters. The van der Waals surface area contributed by atoms with E-state index in [9.17, 15) is 0 Å². The van der Waals surface area contributed by atoms with Crippen LogP contribution in [0.2, 0.25) is 0 Å². The highest BCUT2D eigenvalue weighted by Gasteiger charge is 2.15. The van der Waals surface area contributed by atoms with Gasteiger partial charge >= 0.3 is 0 Å². The third-order valence-electron chi connectivity index (χ3n) is 3.20. The van der Waals surface area contributed by atoms with Crippen LogP contribution in [0, 0.1) is 13.8 Å². The summed E-state index contributed by atoms with van der Waals surface area (Å²) in [5.41, 5.74) is 10.1. The van der Waals surface area contributed by atoms with Gasteiger partial charge in [0.2, 0.25) is 5.82 Å². The smallest absolute Gasteiger partial charge is 0.260 e. The maximum atomic E-state index is 6.05. The van der Waals surface area contributed by atoms with E-state index in [-0.39, 0.29) is 0 Å². The summed E-state index contributed by atoms with van der Waals surface area (Å²) in [5.74, 6) is 0.880. The minimum Gasteiger partial charge on any atom is -0.398 e. The number of hydrogen-bond donors (Lipinski definition) is 1. The van der Waals surface area contributed by atoms with Crippen molar-refractivity contribution in [2.45, 2.75) is 13.8 Å². The van der Waals surface area contributed by atoms with Crippen LogP contribution in [-0.4, -0.2) is 15.1 Å². The largest absolute Gasteiger partial charge is 0.398 e. The molecule has 20 heavy (non-hydrogen) atoms. The van der Waals surface area contributed by atoms with E-state index in [1.807, 2.05) is 44.2 Å². The topological polar surface area (TPSA) is 77.8 Å². The number of benzene rings is 1. The molecule has 0 bridgehead atoms. The highest BCUT2D eigenvalue weighted by molar-refractivity contribution is 5.73. The van der Waals surface area contributed by atoms with Gasteiger partial charge in [0.25, 0.3) is 5.89 Å². The lowest BCUT2D eigenvalue weighted by molar-refractivity contribution is 0.432. The van der Waals surface area contributed by atoms with Gasteiger partial charge in [-0.05, 0) is 37.1 Å². The number of pyridine rings is 1. The van der Waals surface area contributed by atoms with Crippen LogP contribution in [0.25, 0.3) is 23.0 Å². The molecule has 0 aliphatic carbocycles. The van der Waals surface area contributed by atoms with Crippen molar-refractivity contribution in [3.05, 3.63) is 47.7 Å². The Bertz CT molecular complexity index is 764.